The van der Waals surface area contributed by atoms with Gasteiger partial charge in [0.1, 0.15) is 5.82 Å². The third-order valence-corrected chi connectivity index (χ3v) is 2.26. The van der Waals surface area contributed by atoms with E-state index in [-0.39, 0.29) is 5.82 Å². The quantitative estimate of drug-likeness (QED) is 0.771. The lowest BCUT2D eigenvalue weighted by atomic mass is 10.1. The highest BCUT2D eigenvalue weighted by Gasteiger charge is 2.32. The van der Waals surface area contributed by atoms with E-state index in [0.717, 1.165) is 18.3 Å². The Morgan fingerprint density at radius 3 is 2.60 bits per heavy atom. The highest BCUT2D eigenvalue weighted by atomic mass is 19.4. The van der Waals surface area contributed by atoms with Gasteiger partial charge >= 0.3 is 6.18 Å². The van der Waals surface area contributed by atoms with E-state index in [9.17, 15) is 13.2 Å². The number of aromatic nitrogens is 1. The first-order valence-corrected chi connectivity index (χ1v) is 4.43. The summed E-state index contributed by atoms with van der Waals surface area (Å²) in [6.45, 7) is 0.683. The van der Waals surface area contributed by atoms with Crippen LogP contribution >= 0.6 is 0 Å². The van der Waals surface area contributed by atoms with Crippen molar-refractivity contribution < 1.29 is 18.3 Å². The van der Waals surface area contributed by atoms with E-state index in [1.807, 2.05) is 0 Å². The third-order valence-electron chi connectivity index (χ3n) is 2.26. The lowest BCUT2D eigenvalue weighted by Gasteiger charge is -2.36. The smallest absolute Gasteiger partial charge is 0.389 e. The lowest BCUT2D eigenvalue weighted by Crippen LogP contribution is -2.51. The average molecular weight is 218 g/mol. The van der Waals surface area contributed by atoms with Gasteiger partial charge in [-0.1, -0.05) is 0 Å². The Balaban J connectivity index is 2.20. The molecule has 1 aromatic rings. The van der Waals surface area contributed by atoms with Crippen LogP contribution in [0.2, 0.25) is 0 Å². The Bertz CT molecular complexity index is 361. The summed E-state index contributed by atoms with van der Waals surface area (Å²) in [5.74, 6) is 0.259. The first kappa shape index (κ1) is 10.2. The van der Waals surface area contributed by atoms with Crippen LogP contribution in [0.4, 0.5) is 19.0 Å². The lowest BCUT2D eigenvalue weighted by molar-refractivity contribution is -0.137. The standard InChI is InChI=1S/C9H9F3N2O/c10-9(11,12)6-1-2-13-8(3-6)14-4-7(15)5-14/h1-3,7,15H,4-5H2. The van der Waals surface area contributed by atoms with Gasteiger partial charge in [-0.2, -0.15) is 13.2 Å². The van der Waals surface area contributed by atoms with Gasteiger partial charge < -0.3 is 10.0 Å². The molecule has 1 aromatic heterocycles. The molecule has 1 fully saturated rings. The zero-order valence-corrected chi connectivity index (χ0v) is 7.70. The predicted molar refractivity (Wildman–Crippen MR) is 47.5 cm³/mol. The van der Waals surface area contributed by atoms with E-state index >= 15 is 0 Å². The molecule has 0 aromatic carbocycles. The van der Waals surface area contributed by atoms with Crippen LogP contribution in [0.5, 0.6) is 0 Å². The van der Waals surface area contributed by atoms with Crippen LogP contribution in [0.15, 0.2) is 18.3 Å². The molecule has 82 valence electrons. The first-order valence-electron chi connectivity index (χ1n) is 4.43. The number of aliphatic hydroxyl groups excluding tert-OH is 1. The molecular weight excluding hydrogens is 209 g/mol. The van der Waals surface area contributed by atoms with Crippen molar-refractivity contribution in [3.05, 3.63) is 23.9 Å². The summed E-state index contributed by atoms with van der Waals surface area (Å²) in [7, 11) is 0. The van der Waals surface area contributed by atoms with Crippen LogP contribution in [-0.4, -0.2) is 29.3 Å². The summed E-state index contributed by atoms with van der Waals surface area (Å²) in [4.78, 5) is 5.42. The second-order valence-corrected chi connectivity index (χ2v) is 3.46. The molecule has 3 nitrogen and oxygen atoms in total. The summed E-state index contributed by atoms with van der Waals surface area (Å²) in [5.41, 5.74) is -0.714. The average Bonchev–Trinajstić information content (AvgIpc) is 2.12. The van der Waals surface area contributed by atoms with Crippen molar-refractivity contribution in [2.24, 2.45) is 0 Å². The van der Waals surface area contributed by atoms with Gasteiger partial charge in [0.2, 0.25) is 0 Å². The normalized spacial score (nSPS) is 17.7. The van der Waals surface area contributed by atoms with Crippen LogP contribution in [0.1, 0.15) is 5.56 Å². The topological polar surface area (TPSA) is 36.4 Å². The Kier molecular flexibility index (Phi) is 2.30. The van der Waals surface area contributed by atoms with Crippen molar-refractivity contribution in [2.45, 2.75) is 12.3 Å². The van der Waals surface area contributed by atoms with Gasteiger partial charge in [-0.25, -0.2) is 4.98 Å². The fraction of sp³-hybridized carbons (Fsp3) is 0.444. The number of aliphatic hydroxyl groups is 1. The Morgan fingerprint density at radius 1 is 1.40 bits per heavy atom. The number of anilines is 1. The Morgan fingerprint density at radius 2 is 2.07 bits per heavy atom. The molecule has 2 rings (SSSR count). The van der Waals surface area contributed by atoms with Crippen molar-refractivity contribution in [3.8, 4) is 0 Å². The highest BCUT2D eigenvalue weighted by Crippen LogP contribution is 2.31. The molecule has 2 heterocycles. The number of halogens is 3. The van der Waals surface area contributed by atoms with Crippen molar-refractivity contribution in [1.29, 1.82) is 0 Å². The molecule has 6 heteroatoms. The fourth-order valence-corrected chi connectivity index (χ4v) is 1.41. The largest absolute Gasteiger partial charge is 0.416 e. The molecule has 1 aliphatic heterocycles. The summed E-state index contributed by atoms with van der Waals surface area (Å²) in [6.07, 6.45) is -3.68. The molecule has 0 spiro atoms. The van der Waals surface area contributed by atoms with Gasteiger partial charge in [-0.05, 0) is 12.1 Å². The Labute approximate surface area is 84.2 Å². The summed E-state index contributed by atoms with van der Waals surface area (Å²) < 4.78 is 37.0. The number of hydrogen-bond acceptors (Lipinski definition) is 3. The monoisotopic (exact) mass is 218 g/mol. The number of alkyl halides is 3. The highest BCUT2D eigenvalue weighted by molar-refractivity contribution is 5.44. The second-order valence-electron chi connectivity index (χ2n) is 3.46. The van der Waals surface area contributed by atoms with Crippen LogP contribution < -0.4 is 4.90 Å². The number of β-amino-alcohol motifs (C(OH)–C–C–N with tert-alkyl or cyclic N) is 1. The van der Waals surface area contributed by atoms with E-state index in [0.29, 0.717) is 13.1 Å². The molecule has 0 amide bonds. The zero-order chi connectivity index (χ0) is 11.1. The maximum absolute atomic E-state index is 12.3. The minimum atomic E-state index is -4.35. The molecule has 1 N–H and O–H groups in total. The van der Waals surface area contributed by atoms with E-state index in [1.165, 1.54) is 0 Å². The van der Waals surface area contributed by atoms with Crippen molar-refractivity contribution >= 4 is 5.82 Å². The summed E-state index contributed by atoms with van der Waals surface area (Å²) >= 11 is 0. The molecular formula is C9H9F3N2O. The van der Waals surface area contributed by atoms with Crippen LogP contribution in [-0.2, 0) is 6.18 Å². The Hall–Kier alpha value is -1.30. The predicted octanol–water partition coefficient (Wildman–Crippen LogP) is 1.28. The van der Waals surface area contributed by atoms with Crippen molar-refractivity contribution in [1.82, 2.24) is 4.98 Å². The van der Waals surface area contributed by atoms with Gasteiger partial charge in [0, 0.05) is 19.3 Å². The van der Waals surface area contributed by atoms with Crippen LogP contribution in [0.3, 0.4) is 0 Å². The SMILES string of the molecule is OC1CN(c2cc(C(F)(F)F)ccn2)C1. The molecule has 0 bridgehead atoms. The minimum absolute atomic E-state index is 0.259. The minimum Gasteiger partial charge on any atom is -0.389 e. The molecule has 0 saturated carbocycles. The molecule has 0 atom stereocenters. The molecule has 1 saturated heterocycles. The second kappa shape index (κ2) is 3.37. The van der Waals surface area contributed by atoms with Crippen molar-refractivity contribution in [3.63, 3.8) is 0 Å². The van der Waals surface area contributed by atoms with Crippen LogP contribution in [0, 0.1) is 0 Å². The number of rotatable bonds is 1. The number of hydrogen-bond donors (Lipinski definition) is 1. The third kappa shape index (κ3) is 2.04. The van der Waals surface area contributed by atoms with Gasteiger partial charge in [-0.15, -0.1) is 0 Å². The van der Waals surface area contributed by atoms with E-state index in [1.54, 1.807) is 4.90 Å². The van der Waals surface area contributed by atoms with Gasteiger partial charge in [0.15, 0.2) is 0 Å². The zero-order valence-electron chi connectivity index (χ0n) is 7.70. The van der Waals surface area contributed by atoms with Gasteiger partial charge in [0.25, 0.3) is 0 Å². The molecule has 1 aliphatic rings. The van der Waals surface area contributed by atoms with E-state index < -0.39 is 17.8 Å². The molecule has 0 aliphatic carbocycles. The summed E-state index contributed by atoms with van der Waals surface area (Å²) in [6, 6.07) is 1.92. The van der Waals surface area contributed by atoms with Crippen LogP contribution in [0.25, 0.3) is 0 Å². The molecule has 0 unspecified atom stereocenters. The fourth-order valence-electron chi connectivity index (χ4n) is 1.41. The van der Waals surface area contributed by atoms with E-state index in [2.05, 4.69) is 4.98 Å². The maximum atomic E-state index is 12.3. The number of pyridine rings is 1. The molecule has 0 radical (unpaired) electrons. The maximum Gasteiger partial charge on any atom is 0.416 e. The van der Waals surface area contributed by atoms with Gasteiger partial charge in [0.05, 0.1) is 11.7 Å². The van der Waals surface area contributed by atoms with E-state index in [4.69, 9.17) is 5.11 Å². The first-order chi connectivity index (χ1) is 6.97. The van der Waals surface area contributed by atoms with Crippen molar-refractivity contribution in [2.75, 3.05) is 18.0 Å². The van der Waals surface area contributed by atoms with Gasteiger partial charge in [-0.3, -0.25) is 0 Å². The number of nitrogens with zero attached hydrogens (tertiary/aromatic N) is 2. The molecule has 15 heavy (non-hydrogen) atoms. The summed E-state index contributed by atoms with van der Waals surface area (Å²) in [5, 5.41) is 9.02.